The van der Waals surface area contributed by atoms with Crippen molar-refractivity contribution >= 4 is 23.2 Å². The summed E-state index contributed by atoms with van der Waals surface area (Å²) in [5.41, 5.74) is 0.962. The van der Waals surface area contributed by atoms with Gasteiger partial charge in [-0.1, -0.05) is 29.8 Å². The average Bonchev–Trinajstić information content (AvgIpc) is 2.69. The van der Waals surface area contributed by atoms with Crippen LogP contribution in [0.2, 0.25) is 5.02 Å². The van der Waals surface area contributed by atoms with E-state index in [1.807, 2.05) is 24.3 Å². The zero-order valence-electron chi connectivity index (χ0n) is 7.78. The van der Waals surface area contributed by atoms with Gasteiger partial charge in [0.15, 0.2) is 0 Å². The van der Waals surface area contributed by atoms with Crippen LogP contribution in [0.4, 0.5) is 0 Å². The van der Waals surface area contributed by atoms with Gasteiger partial charge in [-0.2, -0.15) is 0 Å². The van der Waals surface area contributed by atoms with Crippen LogP contribution in [-0.4, -0.2) is 10.2 Å². The number of aromatic nitrogens is 2. The molecule has 2 aromatic rings. The molecule has 1 aromatic carbocycles. The van der Waals surface area contributed by atoms with E-state index in [-0.39, 0.29) is 5.88 Å². The van der Waals surface area contributed by atoms with Crippen molar-refractivity contribution in [2.45, 2.75) is 12.3 Å². The smallest absolute Gasteiger partial charge is 0.231 e. The number of nitrogens with zero attached hydrogens (tertiary/aromatic N) is 2. The van der Waals surface area contributed by atoms with E-state index in [0.29, 0.717) is 23.2 Å². The summed E-state index contributed by atoms with van der Waals surface area (Å²) in [6.45, 7) is 0. The lowest BCUT2D eigenvalue weighted by Gasteiger charge is -1.98. The molecule has 5 heteroatoms. The highest BCUT2D eigenvalue weighted by Crippen LogP contribution is 2.18. The van der Waals surface area contributed by atoms with Crippen molar-refractivity contribution in [3.63, 3.8) is 0 Å². The van der Waals surface area contributed by atoms with Crippen molar-refractivity contribution in [1.82, 2.24) is 10.2 Å². The molecule has 2 rings (SSSR count). The van der Waals surface area contributed by atoms with Crippen molar-refractivity contribution in [1.29, 1.82) is 0 Å². The highest BCUT2D eigenvalue weighted by molar-refractivity contribution is 6.31. The number of hydrogen-bond donors (Lipinski definition) is 0. The van der Waals surface area contributed by atoms with Crippen LogP contribution in [0, 0.1) is 0 Å². The minimum Gasteiger partial charge on any atom is -0.424 e. The molecule has 0 saturated carbocycles. The van der Waals surface area contributed by atoms with Crippen LogP contribution in [0.15, 0.2) is 28.7 Å². The second kappa shape index (κ2) is 4.64. The minimum atomic E-state index is 0.232. The molecule has 0 radical (unpaired) electrons. The largest absolute Gasteiger partial charge is 0.424 e. The van der Waals surface area contributed by atoms with Gasteiger partial charge in [0.2, 0.25) is 11.8 Å². The van der Waals surface area contributed by atoms with Crippen LogP contribution in [0.25, 0.3) is 0 Å². The summed E-state index contributed by atoms with van der Waals surface area (Å²) < 4.78 is 5.28. The predicted molar refractivity (Wildman–Crippen MR) is 58.1 cm³/mol. The van der Waals surface area contributed by atoms with Gasteiger partial charge >= 0.3 is 0 Å². The molecule has 3 nitrogen and oxygen atoms in total. The lowest BCUT2D eigenvalue weighted by Crippen LogP contribution is -1.89. The molecule has 78 valence electrons. The summed E-state index contributed by atoms with van der Waals surface area (Å²) in [5, 5.41) is 8.33. The van der Waals surface area contributed by atoms with E-state index in [1.54, 1.807) is 0 Å². The number of halogens is 2. The number of hydrogen-bond acceptors (Lipinski definition) is 3. The van der Waals surface area contributed by atoms with E-state index in [0.717, 1.165) is 5.56 Å². The standard InChI is InChI=1S/C10H8Cl2N2O/c11-6-10-14-13-9(15-10)5-7-3-1-2-4-8(7)12/h1-4H,5-6H2. The van der Waals surface area contributed by atoms with Crippen molar-refractivity contribution in [2.75, 3.05) is 0 Å². The molecule has 0 atom stereocenters. The Hall–Kier alpha value is -1.06. The van der Waals surface area contributed by atoms with Crippen LogP contribution >= 0.6 is 23.2 Å². The summed E-state index contributed by atoms with van der Waals surface area (Å²) in [6.07, 6.45) is 0.531. The topological polar surface area (TPSA) is 38.9 Å². The first-order valence-corrected chi connectivity index (χ1v) is 5.31. The van der Waals surface area contributed by atoms with Crippen LogP contribution in [-0.2, 0) is 12.3 Å². The van der Waals surface area contributed by atoms with Gasteiger partial charge in [-0.15, -0.1) is 21.8 Å². The zero-order valence-corrected chi connectivity index (χ0v) is 9.29. The van der Waals surface area contributed by atoms with E-state index in [1.165, 1.54) is 0 Å². The maximum Gasteiger partial charge on any atom is 0.231 e. The predicted octanol–water partition coefficient (Wildman–Crippen LogP) is 3.05. The van der Waals surface area contributed by atoms with Crippen molar-refractivity contribution in [3.8, 4) is 0 Å². The van der Waals surface area contributed by atoms with Gasteiger partial charge < -0.3 is 4.42 Å². The molecule has 0 bridgehead atoms. The minimum absolute atomic E-state index is 0.232. The molecule has 0 aliphatic heterocycles. The molecule has 0 fully saturated rings. The molecule has 0 saturated heterocycles. The Morgan fingerprint density at radius 2 is 1.87 bits per heavy atom. The maximum atomic E-state index is 6.00. The van der Waals surface area contributed by atoms with Gasteiger partial charge in [0.05, 0.1) is 6.42 Å². The number of benzene rings is 1. The lowest BCUT2D eigenvalue weighted by molar-refractivity contribution is 0.473. The summed E-state index contributed by atoms with van der Waals surface area (Å²) in [5.74, 6) is 1.19. The summed E-state index contributed by atoms with van der Waals surface area (Å²) >= 11 is 11.6. The first kappa shape index (κ1) is 10.5. The molecular formula is C10H8Cl2N2O. The average molecular weight is 243 g/mol. The Morgan fingerprint density at radius 1 is 1.13 bits per heavy atom. The van der Waals surface area contributed by atoms with Crippen molar-refractivity contribution < 1.29 is 4.42 Å². The third kappa shape index (κ3) is 2.49. The molecule has 0 N–H and O–H groups in total. The molecule has 0 unspecified atom stereocenters. The fourth-order valence-corrected chi connectivity index (χ4v) is 1.53. The van der Waals surface area contributed by atoms with Gasteiger partial charge in [0, 0.05) is 5.02 Å². The molecule has 0 aliphatic carbocycles. The molecule has 0 amide bonds. The molecule has 1 heterocycles. The first-order chi connectivity index (χ1) is 7.29. The first-order valence-electron chi connectivity index (χ1n) is 4.40. The number of rotatable bonds is 3. The SMILES string of the molecule is ClCc1nnc(Cc2ccccc2Cl)o1. The van der Waals surface area contributed by atoms with Crippen molar-refractivity contribution in [3.05, 3.63) is 46.6 Å². The second-order valence-corrected chi connectivity index (χ2v) is 3.67. The van der Waals surface area contributed by atoms with E-state index in [4.69, 9.17) is 27.6 Å². The monoisotopic (exact) mass is 242 g/mol. The van der Waals surface area contributed by atoms with Gasteiger partial charge in [0.25, 0.3) is 0 Å². The van der Waals surface area contributed by atoms with Gasteiger partial charge in [0.1, 0.15) is 5.88 Å². The number of alkyl halides is 1. The highest BCUT2D eigenvalue weighted by atomic mass is 35.5. The van der Waals surface area contributed by atoms with E-state index < -0.39 is 0 Å². The van der Waals surface area contributed by atoms with Crippen LogP contribution in [0.3, 0.4) is 0 Å². The van der Waals surface area contributed by atoms with Gasteiger partial charge in [-0.25, -0.2) is 0 Å². The van der Waals surface area contributed by atoms with Crippen LogP contribution in [0.1, 0.15) is 17.3 Å². The van der Waals surface area contributed by atoms with E-state index in [9.17, 15) is 0 Å². The van der Waals surface area contributed by atoms with Crippen molar-refractivity contribution in [2.24, 2.45) is 0 Å². The Balaban J connectivity index is 2.18. The quantitative estimate of drug-likeness (QED) is 0.777. The molecule has 0 aliphatic rings. The molecule has 0 spiro atoms. The van der Waals surface area contributed by atoms with Crippen LogP contribution < -0.4 is 0 Å². The summed E-state index contributed by atoms with van der Waals surface area (Å²) in [6, 6.07) is 7.55. The summed E-state index contributed by atoms with van der Waals surface area (Å²) in [7, 11) is 0. The Kier molecular flexibility index (Phi) is 3.23. The zero-order chi connectivity index (χ0) is 10.7. The summed E-state index contributed by atoms with van der Waals surface area (Å²) in [4.78, 5) is 0. The molecule has 1 aromatic heterocycles. The van der Waals surface area contributed by atoms with Crippen LogP contribution in [0.5, 0.6) is 0 Å². The lowest BCUT2D eigenvalue weighted by atomic mass is 10.1. The normalized spacial score (nSPS) is 10.5. The Morgan fingerprint density at radius 3 is 2.53 bits per heavy atom. The second-order valence-electron chi connectivity index (χ2n) is 2.99. The third-order valence-electron chi connectivity index (χ3n) is 1.92. The van der Waals surface area contributed by atoms with Gasteiger partial charge in [-0.05, 0) is 11.6 Å². The van der Waals surface area contributed by atoms with E-state index >= 15 is 0 Å². The fraction of sp³-hybridized carbons (Fsp3) is 0.200. The Labute approximate surface area is 97.0 Å². The van der Waals surface area contributed by atoms with E-state index in [2.05, 4.69) is 10.2 Å². The fourth-order valence-electron chi connectivity index (χ4n) is 1.22. The molecular weight excluding hydrogens is 235 g/mol. The maximum absolute atomic E-state index is 6.00. The third-order valence-corrected chi connectivity index (χ3v) is 2.52. The Bertz CT molecular complexity index is 456. The molecule has 15 heavy (non-hydrogen) atoms. The van der Waals surface area contributed by atoms with Gasteiger partial charge in [-0.3, -0.25) is 0 Å². The highest BCUT2D eigenvalue weighted by Gasteiger charge is 2.07.